The van der Waals surface area contributed by atoms with E-state index in [0.717, 1.165) is 21.0 Å². The van der Waals surface area contributed by atoms with Gasteiger partial charge in [-0.3, -0.25) is 4.99 Å². The molecule has 0 aliphatic rings. The molecule has 0 aliphatic heterocycles. The van der Waals surface area contributed by atoms with E-state index in [9.17, 15) is 17.9 Å². The molecule has 168 valence electrons. The zero-order chi connectivity index (χ0) is 21.6. The van der Waals surface area contributed by atoms with Crippen LogP contribution in [0.15, 0.2) is 64.5 Å². The summed E-state index contributed by atoms with van der Waals surface area (Å²) >= 11 is 1.52. The number of benzene rings is 2. The molecule has 1 aromatic heterocycles. The molecule has 0 aliphatic carbocycles. The predicted molar refractivity (Wildman–Crippen MR) is 135 cm³/mol. The minimum atomic E-state index is -3.76. The first kappa shape index (κ1) is 25.5. The van der Waals surface area contributed by atoms with Crippen molar-refractivity contribution in [2.24, 2.45) is 4.99 Å². The van der Waals surface area contributed by atoms with Crippen molar-refractivity contribution in [3.63, 3.8) is 0 Å². The zero-order valence-electron chi connectivity index (χ0n) is 16.9. The molecule has 1 heterocycles. The third kappa shape index (κ3) is 6.86. The normalized spacial score (nSPS) is 12.9. The summed E-state index contributed by atoms with van der Waals surface area (Å²) in [6, 6.07) is 15.2. The Morgan fingerprint density at radius 3 is 2.58 bits per heavy atom. The first-order valence-corrected chi connectivity index (χ1v) is 12.0. The van der Waals surface area contributed by atoms with E-state index < -0.39 is 21.8 Å². The molecule has 0 radical (unpaired) electrons. The summed E-state index contributed by atoms with van der Waals surface area (Å²) in [6.07, 6.45) is -0.764. The van der Waals surface area contributed by atoms with Gasteiger partial charge in [0.1, 0.15) is 16.8 Å². The number of rotatable bonds is 8. The van der Waals surface area contributed by atoms with E-state index in [-0.39, 0.29) is 47.7 Å². The third-order valence-electron chi connectivity index (χ3n) is 4.37. The van der Waals surface area contributed by atoms with E-state index in [2.05, 4.69) is 15.6 Å². The van der Waals surface area contributed by atoms with Gasteiger partial charge in [0.25, 0.3) is 0 Å². The molecule has 3 rings (SSSR count). The van der Waals surface area contributed by atoms with E-state index in [1.54, 1.807) is 0 Å². The second-order valence-corrected chi connectivity index (χ2v) is 9.79. The number of nitrogens with zero attached hydrogens (tertiary/aromatic N) is 1. The zero-order valence-corrected chi connectivity index (χ0v) is 20.9. The lowest BCUT2D eigenvalue weighted by Gasteiger charge is -2.13. The van der Waals surface area contributed by atoms with Gasteiger partial charge in [-0.05, 0) is 36.6 Å². The van der Waals surface area contributed by atoms with Crippen LogP contribution in [0.1, 0.15) is 17.9 Å². The van der Waals surface area contributed by atoms with Gasteiger partial charge in [0.15, 0.2) is 15.8 Å². The summed E-state index contributed by atoms with van der Waals surface area (Å²) in [7, 11) is -3.76. The number of thiophene rings is 1. The van der Waals surface area contributed by atoms with Crippen molar-refractivity contribution in [1.82, 2.24) is 10.6 Å². The standard InChI is InChI=1S/C21H24FN3O3S2.HI/c1-2-23-21(24-11-12-30(27,28)20-10-6-4-8-16(20)22)25-14-17(26)19-13-15-7-3-5-9-18(15)29-19;/h3-10,13,17,26H,2,11-12,14H2,1H3,(H2,23,24,25);1H. The van der Waals surface area contributed by atoms with Crippen molar-refractivity contribution >= 4 is 61.2 Å². The molecular weight excluding hydrogens is 552 g/mol. The van der Waals surface area contributed by atoms with Gasteiger partial charge >= 0.3 is 0 Å². The largest absolute Gasteiger partial charge is 0.386 e. The molecule has 0 bridgehead atoms. The van der Waals surface area contributed by atoms with Gasteiger partial charge in [0.05, 0.1) is 12.3 Å². The van der Waals surface area contributed by atoms with Gasteiger partial charge < -0.3 is 15.7 Å². The molecular formula is C21H25FIN3O3S2. The first-order chi connectivity index (χ1) is 14.4. The molecule has 1 atom stereocenters. The number of nitrogens with one attached hydrogen (secondary N) is 2. The van der Waals surface area contributed by atoms with Crippen molar-refractivity contribution in [2.45, 2.75) is 17.9 Å². The smallest absolute Gasteiger partial charge is 0.191 e. The number of aliphatic hydroxyl groups excluding tert-OH is 1. The van der Waals surface area contributed by atoms with Crippen molar-refractivity contribution < 1.29 is 17.9 Å². The number of aliphatic imine (C=N–C) groups is 1. The van der Waals surface area contributed by atoms with Gasteiger partial charge in [0.2, 0.25) is 0 Å². The van der Waals surface area contributed by atoms with Crippen LogP contribution in [-0.2, 0) is 9.84 Å². The summed E-state index contributed by atoms with van der Waals surface area (Å²) in [6.45, 7) is 2.64. The number of halogens is 2. The summed E-state index contributed by atoms with van der Waals surface area (Å²) < 4.78 is 39.6. The van der Waals surface area contributed by atoms with Crippen molar-refractivity contribution in [3.8, 4) is 0 Å². The number of guanidine groups is 1. The molecule has 0 fully saturated rings. The van der Waals surface area contributed by atoms with Crippen LogP contribution in [-0.4, -0.2) is 44.9 Å². The topological polar surface area (TPSA) is 90.8 Å². The molecule has 31 heavy (non-hydrogen) atoms. The van der Waals surface area contributed by atoms with Crippen LogP contribution in [0.25, 0.3) is 10.1 Å². The molecule has 0 saturated carbocycles. The predicted octanol–water partition coefficient (Wildman–Crippen LogP) is 3.72. The molecule has 10 heteroatoms. The average Bonchev–Trinajstić information content (AvgIpc) is 3.16. The van der Waals surface area contributed by atoms with Crippen LogP contribution < -0.4 is 10.6 Å². The maximum atomic E-state index is 13.8. The molecule has 3 N–H and O–H groups in total. The summed E-state index contributed by atoms with van der Waals surface area (Å²) in [5.74, 6) is -0.650. The Balaban J connectivity index is 0.00000341. The molecule has 2 aromatic carbocycles. The maximum absolute atomic E-state index is 13.8. The molecule has 0 amide bonds. The maximum Gasteiger partial charge on any atom is 0.191 e. The lowest BCUT2D eigenvalue weighted by molar-refractivity contribution is 0.191. The summed E-state index contributed by atoms with van der Waals surface area (Å²) in [5.41, 5.74) is 0. The lowest BCUT2D eigenvalue weighted by Crippen LogP contribution is -2.40. The van der Waals surface area contributed by atoms with Gasteiger partial charge in [-0.25, -0.2) is 12.8 Å². The van der Waals surface area contributed by atoms with Crippen molar-refractivity contribution in [2.75, 3.05) is 25.4 Å². The van der Waals surface area contributed by atoms with Crippen LogP contribution >= 0.6 is 35.3 Å². The average molecular weight is 577 g/mol. The highest BCUT2D eigenvalue weighted by molar-refractivity contribution is 14.0. The minimum Gasteiger partial charge on any atom is -0.386 e. The highest BCUT2D eigenvalue weighted by atomic mass is 127. The van der Waals surface area contributed by atoms with Gasteiger partial charge in [-0.15, -0.1) is 35.3 Å². The minimum absolute atomic E-state index is 0. The first-order valence-electron chi connectivity index (χ1n) is 9.56. The quantitative estimate of drug-likeness (QED) is 0.216. The summed E-state index contributed by atoms with van der Waals surface area (Å²) in [5, 5.41) is 17.5. The Hall–Kier alpha value is -1.76. The number of aliphatic hydroxyl groups is 1. The van der Waals surface area contributed by atoms with E-state index >= 15 is 0 Å². The lowest BCUT2D eigenvalue weighted by atomic mass is 10.2. The van der Waals surface area contributed by atoms with Gasteiger partial charge in [0, 0.05) is 22.7 Å². The van der Waals surface area contributed by atoms with E-state index in [4.69, 9.17) is 0 Å². The van der Waals surface area contributed by atoms with Gasteiger partial charge in [-0.2, -0.15) is 0 Å². The molecule has 0 saturated heterocycles. The highest BCUT2D eigenvalue weighted by Crippen LogP contribution is 2.29. The Morgan fingerprint density at radius 2 is 1.87 bits per heavy atom. The highest BCUT2D eigenvalue weighted by Gasteiger charge is 2.18. The van der Waals surface area contributed by atoms with Crippen LogP contribution in [0, 0.1) is 5.82 Å². The van der Waals surface area contributed by atoms with Crippen LogP contribution in [0.4, 0.5) is 4.39 Å². The van der Waals surface area contributed by atoms with E-state index in [1.807, 2.05) is 37.3 Å². The van der Waals surface area contributed by atoms with Crippen molar-refractivity contribution in [1.29, 1.82) is 0 Å². The molecule has 3 aromatic rings. The third-order valence-corrected chi connectivity index (χ3v) is 7.33. The number of hydrogen-bond acceptors (Lipinski definition) is 5. The second kappa shape index (κ2) is 11.7. The number of hydrogen-bond donors (Lipinski definition) is 3. The molecule has 6 nitrogen and oxygen atoms in total. The van der Waals surface area contributed by atoms with Crippen LogP contribution in [0.5, 0.6) is 0 Å². The van der Waals surface area contributed by atoms with Gasteiger partial charge in [-0.1, -0.05) is 30.3 Å². The fraction of sp³-hybridized carbons (Fsp3) is 0.286. The fourth-order valence-electron chi connectivity index (χ4n) is 2.89. The Morgan fingerprint density at radius 1 is 1.16 bits per heavy atom. The van der Waals surface area contributed by atoms with E-state index in [0.29, 0.717) is 12.5 Å². The number of sulfone groups is 1. The number of fused-ring (bicyclic) bond motifs is 1. The fourth-order valence-corrected chi connectivity index (χ4v) is 5.17. The summed E-state index contributed by atoms with van der Waals surface area (Å²) in [4.78, 5) is 4.86. The van der Waals surface area contributed by atoms with Crippen LogP contribution in [0.2, 0.25) is 0 Å². The SMILES string of the molecule is CCNC(=NCC(O)c1cc2ccccc2s1)NCCS(=O)(=O)c1ccccc1F.I. The molecule has 1 unspecified atom stereocenters. The Labute approximate surface area is 202 Å². The molecule has 0 spiro atoms. The van der Waals surface area contributed by atoms with Crippen molar-refractivity contribution in [3.05, 3.63) is 65.3 Å². The monoisotopic (exact) mass is 577 g/mol. The van der Waals surface area contributed by atoms with E-state index in [1.165, 1.54) is 29.5 Å². The second-order valence-electron chi connectivity index (χ2n) is 6.60. The Kier molecular flexibility index (Phi) is 9.66. The Bertz CT molecular complexity index is 1100. The van der Waals surface area contributed by atoms with Crippen LogP contribution in [0.3, 0.4) is 0 Å².